The summed E-state index contributed by atoms with van der Waals surface area (Å²) in [6, 6.07) is 0. The molecule has 0 heterocycles. The summed E-state index contributed by atoms with van der Waals surface area (Å²) in [6.07, 6.45) is -0.138. The van der Waals surface area contributed by atoms with Gasteiger partial charge in [0.05, 0.1) is 16.2 Å². The third-order valence-corrected chi connectivity index (χ3v) is 1.91. The van der Waals surface area contributed by atoms with Crippen LogP contribution < -0.4 is 0 Å². The third kappa shape index (κ3) is 6.00. The van der Waals surface area contributed by atoms with Crippen LogP contribution in [0.2, 0.25) is 0 Å². The van der Waals surface area contributed by atoms with Crippen LogP contribution in [0, 0.1) is 0 Å². The molecule has 0 aromatic rings. The maximum atomic E-state index is 9.98. The van der Waals surface area contributed by atoms with Crippen molar-refractivity contribution in [3.05, 3.63) is 0 Å². The van der Waals surface area contributed by atoms with Crippen molar-refractivity contribution in [3.8, 4) is 0 Å². The van der Waals surface area contributed by atoms with Crippen molar-refractivity contribution in [1.29, 1.82) is 0 Å². The zero-order valence-electron chi connectivity index (χ0n) is 5.78. The average molecular weight is 167 g/mol. The smallest absolute Gasteiger partial charge is 0.0946 e. The molecule has 1 N–H and O–H groups in total. The van der Waals surface area contributed by atoms with Gasteiger partial charge in [0.15, 0.2) is 0 Å². The minimum Gasteiger partial charge on any atom is -0.748 e. The van der Waals surface area contributed by atoms with Crippen molar-refractivity contribution in [2.24, 2.45) is 0 Å². The summed E-state index contributed by atoms with van der Waals surface area (Å²) >= 11 is 0. The van der Waals surface area contributed by atoms with Gasteiger partial charge < -0.3 is 9.66 Å². The highest BCUT2D eigenvalue weighted by Crippen LogP contribution is 1.98. The highest BCUT2D eigenvalue weighted by molar-refractivity contribution is 7.85. The molecule has 62 valence electrons. The first kappa shape index (κ1) is 9.87. The summed E-state index contributed by atoms with van der Waals surface area (Å²) in [5.74, 6) is -0.470. The number of aliphatic hydroxyl groups is 1. The first-order valence-electron chi connectivity index (χ1n) is 3.07. The molecule has 0 aliphatic heterocycles. The second kappa shape index (κ2) is 3.90. The normalized spacial score (nSPS) is 15.1. The van der Waals surface area contributed by atoms with Crippen LogP contribution in [-0.4, -0.2) is 29.9 Å². The van der Waals surface area contributed by atoms with Crippen LogP contribution in [0.3, 0.4) is 0 Å². The van der Waals surface area contributed by atoms with Gasteiger partial charge in [-0.1, -0.05) is 6.92 Å². The Hall–Kier alpha value is -0.130. The van der Waals surface area contributed by atoms with Gasteiger partial charge in [-0.05, 0) is 12.8 Å². The van der Waals surface area contributed by atoms with Gasteiger partial charge in [-0.25, -0.2) is 8.42 Å². The maximum absolute atomic E-state index is 9.98. The number of aliphatic hydroxyl groups excluding tert-OH is 1. The van der Waals surface area contributed by atoms with Gasteiger partial charge in [0.25, 0.3) is 0 Å². The monoisotopic (exact) mass is 167 g/mol. The van der Waals surface area contributed by atoms with Crippen molar-refractivity contribution in [3.63, 3.8) is 0 Å². The zero-order valence-corrected chi connectivity index (χ0v) is 6.60. The fourth-order valence-electron chi connectivity index (χ4n) is 0.484. The number of hydrogen-bond donors (Lipinski definition) is 1. The lowest BCUT2D eigenvalue weighted by atomic mass is 10.2. The second-order valence-electron chi connectivity index (χ2n) is 2.11. The van der Waals surface area contributed by atoms with Crippen molar-refractivity contribution in [2.75, 3.05) is 5.75 Å². The fraction of sp³-hybridized carbons (Fsp3) is 1.00. The van der Waals surface area contributed by atoms with E-state index in [9.17, 15) is 13.0 Å². The van der Waals surface area contributed by atoms with Gasteiger partial charge in [-0.3, -0.25) is 0 Å². The molecule has 0 amide bonds. The summed E-state index contributed by atoms with van der Waals surface area (Å²) < 4.78 is 30.0. The Labute approximate surface area is 60.6 Å². The molecule has 10 heavy (non-hydrogen) atoms. The van der Waals surface area contributed by atoms with Crippen LogP contribution in [0.25, 0.3) is 0 Å². The Kier molecular flexibility index (Phi) is 3.85. The molecule has 5 heteroatoms. The van der Waals surface area contributed by atoms with Gasteiger partial charge in [0.1, 0.15) is 0 Å². The molecule has 0 aromatic carbocycles. The lowest BCUT2D eigenvalue weighted by molar-refractivity contribution is 0.166. The Bertz CT molecular complexity index is 172. The van der Waals surface area contributed by atoms with E-state index in [0.29, 0.717) is 6.42 Å². The summed E-state index contributed by atoms with van der Waals surface area (Å²) in [5, 5.41) is 8.82. The summed E-state index contributed by atoms with van der Waals surface area (Å²) in [6.45, 7) is 1.72. The van der Waals surface area contributed by atoms with Gasteiger partial charge >= 0.3 is 0 Å². The Morgan fingerprint density at radius 1 is 1.60 bits per heavy atom. The van der Waals surface area contributed by atoms with Crippen molar-refractivity contribution in [2.45, 2.75) is 25.9 Å². The highest BCUT2D eigenvalue weighted by Gasteiger charge is 2.02. The molecule has 0 aliphatic rings. The highest BCUT2D eigenvalue weighted by atomic mass is 32.2. The van der Waals surface area contributed by atoms with Crippen LogP contribution >= 0.6 is 0 Å². The second-order valence-corrected chi connectivity index (χ2v) is 3.64. The van der Waals surface area contributed by atoms with Crippen molar-refractivity contribution < 1.29 is 18.1 Å². The number of hydrogen-bond acceptors (Lipinski definition) is 4. The number of rotatable bonds is 4. The minimum absolute atomic E-state index is 0.0440. The molecule has 0 saturated heterocycles. The quantitative estimate of drug-likeness (QED) is 0.583. The molecule has 1 atom stereocenters. The predicted molar refractivity (Wildman–Crippen MR) is 35.5 cm³/mol. The molecule has 1 unspecified atom stereocenters. The molecule has 0 aromatic heterocycles. The standard InChI is InChI=1S/C5H12O4S/c1-2-5(6)3-4-10(7,8)9/h5-6H,2-4H2,1H3,(H,7,8,9)/p-1. The van der Waals surface area contributed by atoms with Crippen molar-refractivity contribution >= 4 is 10.1 Å². The van der Waals surface area contributed by atoms with E-state index in [2.05, 4.69) is 0 Å². The van der Waals surface area contributed by atoms with Crippen LogP contribution in [0.1, 0.15) is 19.8 Å². The van der Waals surface area contributed by atoms with E-state index >= 15 is 0 Å². The van der Waals surface area contributed by atoms with Gasteiger partial charge in [0, 0.05) is 5.75 Å². The van der Waals surface area contributed by atoms with Crippen molar-refractivity contribution in [1.82, 2.24) is 0 Å². The molecule has 0 aliphatic carbocycles. The van der Waals surface area contributed by atoms with Crippen LogP contribution in [0.4, 0.5) is 0 Å². The Morgan fingerprint density at radius 2 is 2.10 bits per heavy atom. The largest absolute Gasteiger partial charge is 0.748 e. The van der Waals surface area contributed by atoms with Crippen LogP contribution in [0.5, 0.6) is 0 Å². The molecule has 0 bridgehead atoms. The SMILES string of the molecule is CCC(O)CCS(=O)(=O)[O-]. The molecular weight excluding hydrogens is 156 g/mol. The van der Waals surface area contributed by atoms with Crippen LogP contribution in [-0.2, 0) is 10.1 Å². The van der Waals surface area contributed by atoms with Gasteiger partial charge in [-0.15, -0.1) is 0 Å². The maximum Gasteiger partial charge on any atom is 0.0946 e. The summed E-state index contributed by atoms with van der Waals surface area (Å²) in [7, 11) is -4.14. The Morgan fingerprint density at radius 3 is 2.40 bits per heavy atom. The molecule has 0 saturated carbocycles. The predicted octanol–water partition coefficient (Wildman–Crippen LogP) is -0.307. The average Bonchev–Trinajstić information content (AvgIpc) is 1.81. The molecular formula is C5H11O4S-. The van der Waals surface area contributed by atoms with E-state index in [4.69, 9.17) is 5.11 Å². The van der Waals surface area contributed by atoms with E-state index in [1.165, 1.54) is 0 Å². The van der Waals surface area contributed by atoms with Crippen LogP contribution in [0.15, 0.2) is 0 Å². The molecule has 0 spiro atoms. The topological polar surface area (TPSA) is 77.4 Å². The van der Waals surface area contributed by atoms with Gasteiger partial charge in [0.2, 0.25) is 0 Å². The van der Waals surface area contributed by atoms with E-state index in [-0.39, 0.29) is 6.42 Å². The summed E-state index contributed by atoms with van der Waals surface area (Å²) in [5.41, 5.74) is 0. The Balaban J connectivity index is 3.56. The minimum atomic E-state index is -4.14. The van der Waals surface area contributed by atoms with E-state index in [0.717, 1.165) is 0 Å². The molecule has 0 fully saturated rings. The molecule has 4 nitrogen and oxygen atoms in total. The third-order valence-electron chi connectivity index (χ3n) is 1.17. The molecule has 0 rings (SSSR count). The lowest BCUT2D eigenvalue weighted by Gasteiger charge is -2.09. The van der Waals surface area contributed by atoms with E-state index in [1.807, 2.05) is 0 Å². The van der Waals surface area contributed by atoms with Gasteiger partial charge in [-0.2, -0.15) is 0 Å². The van der Waals surface area contributed by atoms with E-state index in [1.54, 1.807) is 6.92 Å². The first-order valence-corrected chi connectivity index (χ1v) is 4.65. The first-order chi connectivity index (χ1) is 4.45. The lowest BCUT2D eigenvalue weighted by Crippen LogP contribution is -2.13. The van der Waals surface area contributed by atoms with E-state index < -0.39 is 22.0 Å². The summed E-state index contributed by atoms with van der Waals surface area (Å²) in [4.78, 5) is 0. The molecule has 0 radical (unpaired) electrons. The fourth-order valence-corrected chi connectivity index (χ4v) is 1.05. The zero-order chi connectivity index (χ0) is 8.20.